The molecule has 4 nitrogen and oxygen atoms in total. The molecular weight excluding hydrogens is 218 g/mol. The second-order valence-corrected chi connectivity index (χ2v) is 3.65. The number of hydrogen-bond donors (Lipinski definition) is 2. The molecule has 0 heterocycles. The Morgan fingerprint density at radius 3 is 2.80 bits per heavy atom. The Labute approximate surface area is 92.6 Å². The van der Waals surface area contributed by atoms with Crippen LogP contribution in [0, 0.1) is 0 Å². The first kappa shape index (κ1) is 11.8. The van der Waals surface area contributed by atoms with Crippen molar-refractivity contribution in [1.29, 1.82) is 0 Å². The van der Waals surface area contributed by atoms with E-state index < -0.39 is 5.97 Å². The van der Waals surface area contributed by atoms with Gasteiger partial charge in [0, 0.05) is 6.04 Å². The SMILES string of the molecule is CC(N)COc1ccc(C(=O)O)cc1Cl. The maximum atomic E-state index is 10.6. The summed E-state index contributed by atoms with van der Waals surface area (Å²) in [7, 11) is 0. The Kier molecular flexibility index (Phi) is 3.94. The lowest BCUT2D eigenvalue weighted by Crippen LogP contribution is -2.23. The lowest BCUT2D eigenvalue weighted by Gasteiger charge is -2.10. The van der Waals surface area contributed by atoms with Crippen LogP contribution in [0.5, 0.6) is 5.75 Å². The van der Waals surface area contributed by atoms with Crippen molar-refractivity contribution in [3.8, 4) is 5.75 Å². The van der Waals surface area contributed by atoms with E-state index in [9.17, 15) is 4.79 Å². The summed E-state index contributed by atoms with van der Waals surface area (Å²) in [6, 6.07) is 4.21. The van der Waals surface area contributed by atoms with Crippen LogP contribution in [0.25, 0.3) is 0 Å². The van der Waals surface area contributed by atoms with E-state index in [2.05, 4.69) is 0 Å². The molecule has 0 aromatic heterocycles. The van der Waals surface area contributed by atoms with Gasteiger partial charge >= 0.3 is 5.97 Å². The first-order valence-electron chi connectivity index (χ1n) is 4.42. The fraction of sp³-hybridized carbons (Fsp3) is 0.300. The van der Waals surface area contributed by atoms with Crippen molar-refractivity contribution in [2.75, 3.05) is 6.61 Å². The number of benzene rings is 1. The molecule has 0 spiro atoms. The van der Waals surface area contributed by atoms with Crippen LogP contribution in [0.2, 0.25) is 5.02 Å². The molecule has 82 valence electrons. The molecule has 0 fully saturated rings. The van der Waals surface area contributed by atoms with Gasteiger partial charge in [-0.3, -0.25) is 0 Å². The van der Waals surface area contributed by atoms with Gasteiger partial charge in [0.1, 0.15) is 12.4 Å². The quantitative estimate of drug-likeness (QED) is 0.825. The van der Waals surface area contributed by atoms with E-state index in [1.54, 1.807) is 6.92 Å². The van der Waals surface area contributed by atoms with E-state index in [0.29, 0.717) is 12.4 Å². The first-order chi connectivity index (χ1) is 7.00. The Morgan fingerprint density at radius 2 is 2.33 bits per heavy atom. The van der Waals surface area contributed by atoms with Crippen molar-refractivity contribution in [2.24, 2.45) is 5.73 Å². The van der Waals surface area contributed by atoms with Gasteiger partial charge in [-0.2, -0.15) is 0 Å². The fourth-order valence-corrected chi connectivity index (χ4v) is 1.21. The molecule has 0 aliphatic rings. The number of hydrogen-bond acceptors (Lipinski definition) is 3. The van der Waals surface area contributed by atoms with E-state index in [0.717, 1.165) is 0 Å². The monoisotopic (exact) mass is 229 g/mol. The highest BCUT2D eigenvalue weighted by Gasteiger charge is 2.08. The highest BCUT2D eigenvalue weighted by Crippen LogP contribution is 2.25. The van der Waals surface area contributed by atoms with Gasteiger partial charge in [0.25, 0.3) is 0 Å². The van der Waals surface area contributed by atoms with Crippen LogP contribution in [-0.4, -0.2) is 23.7 Å². The number of carboxylic acids is 1. The highest BCUT2D eigenvalue weighted by molar-refractivity contribution is 6.32. The smallest absolute Gasteiger partial charge is 0.335 e. The normalized spacial score (nSPS) is 12.2. The molecule has 0 saturated carbocycles. The molecule has 1 aromatic rings. The maximum Gasteiger partial charge on any atom is 0.335 e. The number of carbonyl (C=O) groups is 1. The third-order valence-electron chi connectivity index (χ3n) is 1.68. The summed E-state index contributed by atoms with van der Waals surface area (Å²) in [5, 5.41) is 8.97. The Balaban J connectivity index is 2.79. The Morgan fingerprint density at radius 1 is 1.67 bits per heavy atom. The van der Waals surface area contributed by atoms with Gasteiger partial charge in [-0.25, -0.2) is 4.79 Å². The average Bonchev–Trinajstić information content (AvgIpc) is 2.15. The molecule has 0 aliphatic carbocycles. The highest BCUT2D eigenvalue weighted by atomic mass is 35.5. The number of halogens is 1. The minimum atomic E-state index is -1.02. The van der Waals surface area contributed by atoms with E-state index in [1.807, 2.05) is 0 Å². The van der Waals surface area contributed by atoms with Crippen LogP contribution in [-0.2, 0) is 0 Å². The predicted octanol–water partition coefficient (Wildman–Crippen LogP) is 1.76. The summed E-state index contributed by atoms with van der Waals surface area (Å²) < 4.78 is 5.28. The molecule has 0 bridgehead atoms. The van der Waals surface area contributed by atoms with Gasteiger partial charge < -0.3 is 15.6 Å². The zero-order valence-corrected chi connectivity index (χ0v) is 8.99. The number of nitrogens with two attached hydrogens (primary N) is 1. The Hall–Kier alpha value is -1.26. The summed E-state index contributed by atoms with van der Waals surface area (Å²) in [6.45, 7) is 2.14. The molecule has 5 heteroatoms. The molecule has 1 aromatic carbocycles. The van der Waals surface area contributed by atoms with E-state index >= 15 is 0 Å². The zero-order valence-electron chi connectivity index (χ0n) is 8.24. The first-order valence-corrected chi connectivity index (χ1v) is 4.79. The minimum absolute atomic E-state index is 0.0970. The van der Waals surface area contributed by atoms with Crippen molar-refractivity contribution in [3.63, 3.8) is 0 Å². The summed E-state index contributed by atoms with van der Waals surface area (Å²) in [5.74, 6) is -0.574. The summed E-state index contributed by atoms with van der Waals surface area (Å²) >= 11 is 5.83. The van der Waals surface area contributed by atoms with Crippen molar-refractivity contribution in [1.82, 2.24) is 0 Å². The number of aromatic carboxylic acids is 1. The third kappa shape index (κ3) is 3.42. The van der Waals surface area contributed by atoms with E-state index in [4.69, 9.17) is 27.2 Å². The van der Waals surface area contributed by atoms with Gasteiger partial charge in [0.15, 0.2) is 0 Å². The topological polar surface area (TPSA) is 72.5 Å². The van der Waals surface area contributed by atoms with E-state index in [-0.39, 0.29) is 16.6 Å². The molecule has 15 heavy (non-hydrogen) atoms. The molecule has 1 atom stereocenters. The van der Waals surface area contributed by atoms with Crippen molar-refractivity contribution < 1.29 is 14.6 Å². The number of ether oxygens (including phenoxy) is 1. The van der Waals surface area contributed by atoms with Crippen LogP contribution in [0.4, 0.5) is 0 Å². The molecule has 0 radical (unpaired) electrons. The second-order valence-electron chi connectivity index (χ2n) is 3.24. The Bertz CT molecular complexity index is 366. The molecule has 1 rings (SSSR count). The van der Waals surface area contributed by atoms with Gasteiger partial charge in [-0.1, -0.05) is 11.6 Å². The molecule has 3 N–H and O–H groups in total. The largest absolute Gasteiger partial charge is 0.490 e. The minimum Gasteiger partial charge on any atom is -0.490 e. The van der Waals surface area contributed by atoms with Crippen LogP contribution in [0.1, 0.15) is 17.3 Å². The van der Waals surface area contributed by atoms with Crippen LogP contribution < -0.4 is 10.5 Å². The van der Waals surface area contributed by atoms with Crippen molar-refractivity contribution in [2.45, 2.75) is 13.0 Å². The van der Waals surface area contributed by atoms with Gasteiger partial charge in [0.05, 0.1) is 10.6 Å². The third-order valence-corrected chi connectivity index (χ3v) is 1.98. The number of rotatable bonds is 4. The number of carboxylic acid groups (broad SMARTS) is 1. The fourth-order valence-electron chi connectivity index (χ4n) is 0.972. The summed E-state index contributed by atoms with van der Waals surface area (Å²) in [5.41, 5.74) is 5.64. The predicted molar refractivity (Wildman–Crippen MR) is 57.6 cm³/mol. The molecule has 0 aliphatic heterocycles. The lowest BCUT2D eigenvalue weighted by atomic mass is 10.2. The van der Waals surface area contributed by atoms with Crippen molar-refractivity contribution in [3.05, 3.63) is 28.8 Å². The van der Waals surface area contributed by atoms with Gasteiger partial charge in [-0.15, -0.1) is 0 Å². The van der Waals surface area contributed by atoms with Gasteiger partial charge in [-0.05, 0) is 25.1 Å². The zero-order chi connectivity index (χ0) is 11.4. The van der Waals surface area contributed by atoms with Crippen LogP contribution >= 0.6 is 11.6 Å². The molecule has 0 amide bonds. The van der Waals surface area contributed by atoms with Crippen molar-refractivity contribution >= 4 is 17.6 Å². The van der Waals surface area contributed by atoms with Crippen LogP contribution in [0.3, 0.4) is 0 Å². The summed E-state index contributed by atoms with van der Waals surface area (Å²) in [4.78, 5) is 10.6. The van der Waals surface area contributed by atoms with E-state index in [1.165, 1.54) is 18.2 Å². The molecular formula is C10H12ClNO3. The standard InChI is InChI=1S/C10H12ClNO3/c1-6(12)5-15-9-3-2-7(10(13)14)4-8(9)11/h2-4,6H,5,12H2,1H3,(H,13,14). The maximum absolute atomic E-state index is 10.6. The van der Waals surface area contributed by atoms with Gasteiger partial charge in [0.2, 0.25) is 0 Å². The average molecular weight is 230 g/mol. The second kappa shape index (κ2) is 5.00. The lowest BCUT2D eigenvalue weighted by molar-refractivity contribution is 0.0697. The molecule has 0 saturated heterocycles. The molecule has 1 unspecified atom stereocenters. The summed E-state index contributed by atoms with van der Waals surface area (Å²) in [6.07, 6.45) is 0. The van der Waals surface area contributed by atoms with Crippen LogP contribution in [0.15, 0.2) is 18.2 Å².